The van der Waals surface area contributed by atoms with E-state index in [4.69, 9.17) is 9.72 Å². The minimum Gasteiger partial charge on any atom is -0.495 e. The van der Waals surface area contributed by atoms with Crippen molar-refractivity contribution in [2.75, 3.05) is 12.9 Å². The Morgan fingerprint density at radius 3 is 2.97 bits per heavy atom. The molecule has 6 nitrogen and oxygen atoms in total. The number of thioether (sulfide) groups is 1. The molecular formula is C21H21N3O3S2. The van der Waals surface area contributed by atoms with Crippen molar-refractivity contribution in [2.24, 2.45) is 0 Å². The first kappa shape index (κ1) is 18.7. The molecule has 1 saturated carbocycles. The summed E-state index contributed by atoms with van der Waals surface area (Å²) in [5.41, 5.74) is 1.72. The van der Waals surface area contributed by atoms with E-state index < -0.39 is 0 Å². The molecule has 5 rings (SSSR count). The Hall–Kier alpha value is -2.32. The molecular weight excluding hydrogens is 406 g/mol. The molecule has 1 amide bonds. The standard InChI is InChI=1S/C21H21N3O3S2/c1-27-15-7-3-2-6-14(15)24-20(26)18-13-5-4-8-16(13)29-19(18)23-21(24)28-11-17(25)22-12-9-10-12/h2-3,6-7,12H,4-5,8-11H2,1H3,(H,22,25). The summed E-state index contributed by atoms with van der Waals surface area (Å²) in [4.78, 5) is 32.7. The van der Waals surface area contributed by atoms with Gasteiger partial charge in [-0.25, -0.2) is 4.98 Å². The zero-order chi connectivity index (χ0) is 20.0. The summed E-state index contributed by atoms with van der Waals surface area (Å²) >= 11 is 2.91. The first-order valence-electron chi connectivity index (χ1n) is 9.78. The number of nitrogens with zero attached hydrogens (tertiary/aromatic N) is 2. The summed E-state index contributed by atoms with van der Waals surface area (Å²) in [7, 11) is 1.59. The lowest BCUT2D eigenvalue weighted by atomic mass is 10.2. The maximum absolute atomic E-state index is 13.6. The smallest absolute Gasteiger partial charge is 0.267 e. The van der Waals surface area contributed by atoms with Crippen LogP contribution in [0.2, 0.25) is 0 Å². The maximum Gasteiger partial charge on any atom is 0.267 e. The van der Waals surface area contributed by atoms with Gasteiger partial charge in [-0.1, -0.05) is 23.9 Å². The first-order valence-corrected chi connectivity index (χ1v) is 11.6. The number of amides is 1. The molecule has 2 heterocycles. The van der Waals surface area contributed by atoms with Gasteiger partial charge in [0.1, 0.15) is 10.6 Å². The molecule has 8 heteroatoms. The highest BCUT2D eigenvalue weighted by Crippen LogP contribution is 2.36. The van der Waals surface area contributed by atoms with Gasteiger partial charge < -0.3 is 10.1 Å². The van der Waals surface area contributed by atoms with E-state index in [2.05, 4.69) is 5.32 Å². The van der Waals surface area contributed by atoms with E-state index in [1.54, 1.807) is 23.0 Å². The minimum absolute atomic E-state index is 0.0212. The topological polar surface area (TPSA) is 73.2 Å². The van der Waals surface area contributed by atoms with Crippen molar-refractivity contribution in [3.8, 4) is 11.4 Å². The SMILES string of the molecule is COc1ccccc1-n1c(SCC(=O)NC2CC2)nc2sc3c(c2c1=O)CCC3. The van der Waals surface area contributed by atoms with Crippen molar-refractivity contribution < 1.29 is 9.53 Å². The summed E-state index contributed by atoms with van der Waals surface area (Å²) in [6, 6.07) is 7.75. The molecule has 0 atom stereocenters. The number of aryl methyl sites for hydroxylation is 2. The van der Waals surface area contributed by atoms with E-state index in [0.717, 1.165) is 47.9 Å². The molecule has 0 bridgehead atoms. The number of carbonyl (C=O) groups excluding carboxylic acids is 1. The fourth-order valence-corrected chi connectivity index (χ4v) is 5.89. The first-order chi connectivity index (χ1) is 14.2. The van der Waals surface area contributed by atoms with E-state index in [1.807, 2.05) is 24.3 Å². The van der Waals surface area contributed by atoms with Crippen LogP contribution >= 0.6 is 23.1 Å². The fourth-order valence-electron chi connectivity index (χ4n) is 3.78. The number of fused-ring (bicyclic) bond motifs is 3. The molecule has 1 fully saturated rings. The number of rotatable bonds is 6. The molecule has 29 heavy (non-hydrogen) atoms. The molecule has 1 aromatic carbocycles. The summed E-state index contributed by atoms with van der Waals surface area (Å²) in [6.07, 6.45) is 5.12. The zero-order valence-corrected chi connectivity index (χ0v) is 17.7. The third-order valence-electron chi connectivity index (χ3n) is 5.31. The van der Waals surface area contributed by atoms with Gasteiger partial charge in [0.2, 0.25) is 5.91 Å². The number of hydrogen-bond acceptors (Lipinski definition) is 6. The van der Waals surface area contributed by atoms with Crippen LogP contribution in [-0.4, -0.2) is 34.4 Å². The van der Waals surface area contributed by atoms with Gasteiger partial charge in [0.25, 0.3) is 5.56 Å². The van der Waals surface area contributed by atoms with Crippen LogP contribution < -0.4 is 15.6 Å². The van der Waals surface area contributed by atoms with Crippen LogP contribution in [0.3, 0.4) is 0 Å². The van der Waals surface area contributed by atoms with Crippen LogP contribution in [0.25, 0.3) is 15.9 Å². The lowest BCUT2D eigenvalue weighted by Crippen LogP contribution is -2.28. The van der Waals surface area contributed by atoms with Gasteiger partial charge in [0.05, 0.1) is 23.9 Å². The van der Waals surface area contributed by atoms with E-state index in [0.29, 0.717) is 22.6 Å². The second-order valence-electron chi connectivity index (χ2n) is 7.37. The molecule has 2 aliphatic rings. The minimum atomic E-state index is -0.0796. The Bertz CT molecular complexity index is 1160. The largest absolute Gasteiger partial charge is 0.495 e. The van der Waals surface area contributed by atoms with Crippen molar-refractivity contribution in [1.29, 1.82) is 0 Å². The summed E-state index contributed by atoms with van der Waals surface area (Å²) < 4.78 is 7.12. The molecule has 2 aliphatic carbocycles. The van der Waals surface area contributed by atoms with Crippen molar-refractivity contribution in [2.45, 2.75) is 43.3 Å². The summed E-state index contributed by atoms with van der Waals surface area (Å²) in [5.74, 6) is 0.813. The van der Waals surface area contributed by atoms with Gasteiger partial charge >= 0.3 is 0 Å². The zero-order valence-electron chi connectivity index (χ0n) is 16.1. The molecule has 2 aromatic heterocycles. The number of thiophene rings is 1. The van der Waals surface area contributed by atoms with Crippen LogP contribution in [-0.2, 0) is 17.6 Å². The number of hydrogen-bond donors (Lipinski definition) is 1. The Balaban J connectivity index is 1.63. The number of ether oxygens (including phenoxy) is 1. The van der Waals surface area contributed by atoms with Gasteiger partial charge in [-0.15, -0.1) is 11.3 Å². The number of carbonyl (C=O) groups is 1. The van der Waals surface area contributed by atoms with Gasteiger partial charge in [0, 0.05) is 10.9 Å². The molecule has 0 unspecified atom stereocenters. The Kier molecular flexibility index (Phi) is 4.83. The highest BCUT2D eigenvalue weighted by Gasteiger charge is 2.26. The number of aromatic nitrogens is 2. The molecule has 0 saturated heterocycles. The monoisotopic (exact) mass is 427 g/mol. The van der Waals surface area contributed by atoms with Crippen molar-refractivity contribution in [1.82, 2.24) is 14.9 Å². The van der Waals surface area contributed by atoms with Gasteiger partial charge in [-0.2, -0.15) is 0 Å². The molecule has 150 valence electrons. The predicted molar refractivity (Wildman–Crippen MR) is 116 cm³/mol. The molecule has 0 radical (unpaired) electrons. The van der Waals surface area contributed by atoms with Crippen LogP contribution in [0.4, 0.5) is 0 Å². The van der Waals surface area contributed by atoms with E-state index in [9.17, 15) is 9.59 Å². The lowest BCUT2D eigenvalue weighted by molar-refractivity contribution is -0.118. The second-order valence-corrected chi connectivity index (χ2v) is 9.40. The number of para-hydroxylation sites is 2. The molecule has 0 aliphatic heterocycles. The van der Waals surface area contributed by atoms with Crippen molar-refractivity contribution >= 4 is 39.2 Å². The average Bonchev–Trinajstić information content (AvgIpc) is 3.29. The third kappa shape index (κ3) is 3.44. The quantitative estimate of drug-likeness (QED) is 0.483. The van der Waals surface area contributed by atoms with Crippen LogP contribution in [0, 0.1) is 0 Å². The van der Waals surface area contributed by atoms with Crippen molar-refractivity contribution in [3.63, 3.8) is 0 Å². The van der Waals surface area contributed by atoms with Gasteiger partial charge in [0.15, 0.2) is 5.16 Å². The molecule has 1 N–H and O–H groups in total. The molecule has 0 spiro atoms. The van der Waals surface area contributed by atoms with E-state index in [-0.39, 0.29) is 17.2 Å². The fraction of sp³-hybridized carbons (Fsp3) is 0.381. The number of nitrogens with one attached hydrogen (secondary N) is 1. The van der Waals surface area contributed by atoms with E-state index >= 15 is 0 Å². The number of benzene rings is 1. The lowest BCUT2D eigenvalue weighted by Gasteiger charge is -2.15. The predicted octanol–water partition coefficient (Wildman–Crippen LogP) is 3.32. The normalized spacial score (nSPS) is 15.5. The highest BCUT2D eigenvalue weighted by molar-refractivity contribution is 7.99. The Labute approximate surface area is 176 Å². The average molecular weight is 428 g/mol. The Morgan fingerprint density at radius 2 is 2.17 bits per heavy atom. The third-order valence-corrected chi connectivity index (χ3v) is 7.43. The van der Waals surface area contributed by atoms with Crippen LogP contribution in [0.5, 0.6) is 5.75 Å². The van der Waals surface area contributed by atoms with Gasteiger partial charge in [-0.3, -0.25) is 14.2 Å². The van der Waals surface area contributed by atoms with Gasteiger partial charge in [-0.05, 0) is 49.8 Å². The van der Waals surface area contributed by atoms with Crippen molar-refractivity contribution in [3.05, 3.63) is 45.1 Å². The molecule has 3 aromatic rings. The van der Waals surface area contributed by atoms with E-state index in [1.165, 1.54) is 16.6 Å². The summed E-state index contributed by atoms with van der Waals surface area (Å²) in [5, 5.41) is 4.24. The Morgan fingerprint density at radius 1 is 1.34 bits per heavy atom. The van der Waals surface area contributed by atoms with Crippen LogP contribution in [0.1, 0.15) is 29.7 Å². The number of methoxy groups -OCH3 is 1. The second kappa shape index (κ2) is 7.50. The van der Waals surface area contributed by atoms with Crippen LogP contribution in [0.15, 0.2) is 34.2 Å². The summed E-state index contributed by atoms with van der Waals surface area (Å²) in [6.45, 7) is 0. The highest BCUT2D eigenvalue weighted by atomic mass is 32.2. The maximum atomic E-state index is 13.6.